The maximum absolute atomic E-state index is 13.3. The lowest BCUT2D eigenvalue weighted by molar-refractivity contribution is 0.102. The second-order valence-electron chi connectivity index (χ2n) is 8.21. The van der Waals surface area contributed by atoms with E-state index < -0.39 is 0 Å². The Kier molecular flexibility index (Phi) is 5.04. The maximum atomic E-state index is 13.3. The van der Waals surface area contributed by atoms with Crippen LogP contribution in [0.25, 0.3) is 16.7 Å². The Morgan fingerprint density at radius 3 is 2.73 bits per heavy atom. The zero-order chi connectivity index (χ0) is 23.1. The number of piperazine rings is 1. The molecular weight excluding hydrogens is 418 g/mol. The van der Waals surface area contributed by atoms with Gasteiger partial charge in [-0.3, -0.25) is 14.8 Å². The van der Waals surface area contributed by atoms with E-state index in [2.05, 4.69) is 54.3 Å². The molecule has 1 atom stereocenters. The van der Waals surface area contributed by atoms with Crippen LogP contribution in [0.15, 0.2) is 49.2 Å². The molecule has 1 aliphatic heterocycles. The molecule has 10 nitrogen and oxygen atoms in total. The largest absolute Gasteiger partial charge is 0.383 e. The molecule has 0 radical (unpaired) electrons. The van der Waals surface area contributed by atoms with Crippen LogP contribution in [0.2, 0.25) is 0 Å². The van der Waals surface area contributed by atoms with Crippen LogP contribution in [0.3, 0.4) is 0 Å². The van der Waals surface area contributed by atoms with Crippen LogP contribution in [-0.2, 0) is 0 Å². The number of nitrogens with one attached hydrogen (secondary N) is 3. The third kappa shape index (κ3) is 3.79. The molecule has 0 aliphatic carbocycles. The average Bonchev–Trinajstić information content (AvgIpc) is 3.17. The summed E-state index contributed by atoms with van der Waals surface area (Å²) in [7, 11) is 1.77. The molecule has 1 aromatic carbocycles. The summed E-state index contributed by atoms with van der Waals surface area (Å²) in [6.07, 6.45) is 6.86. The Balaban J connectivity index is 1.51. The number of benzene rings is 1. The first-order chi connectivity index (χ1) is 15.9. The fourth-order valence-corrected chi connectivity index (χ4v) is 4.26. The number of aryl methyl sites for hydroxylation is 1. The molecule has 0 bridgehead atoms. The summed E-state index contributed by atoms with van der Waals surface area (Å²) >= 11 is 0. The van der Waals surface area contributed by atoms with Crippen LogP contribution in [0.5, 0.6) is 0 Å². The van der Waals surface area contributed by atoms with E-state index in [-0.39, 0.29) is 11.9 Å². The van der Waals surface area contributed by atoms with E-state index in [0.29, 0.717) is 40.4 Å². The van der Waals surface area contributed by atoms with Gasteiger partial charge in [0.2, 0.25) is 0 Å². The summed E-state index contributed by atoms with van der Waals surface area (Å²) in [4.78, 5) is 33.5. The van der Waals surface area contributed by atoms with Gasteiger partial charge in [0.25, 0.3) is 5.91 Å². The number of carbonyl (C=O) groups is 1. The summed E-state index contributed by atoms with van der Waals surface area (Å²) in [6, 6.07) is 3.97. The zero-order valence-corrected chi connectivity index (χ0v) is 18.8. The molecule has 4 aromatic rings. The van der Waals surface area contributed by atoms with Crippen LogP contribution >= 0.6 is 0 Å². The first-order valence-corrected chi connectivity index (χ1v) is 10.7. The van der Waals surface area contributed by atoms with Crippen LogP contribution in [-0.4, -0.2) is 56.4 Å². The lowest BCUT2D eigenvalue weighted by Crippen LogP contribution is -2.47. The fourth-order valence-electron chi connectivity index (χ4n) is 4.26. The molecule has 1 saturated heterocycles. The number of anilines is 3. The van der Waals surface area contributed by atoms with Gasteiger partial charge in [-0.2, -0.15) is 0 Å². The number of rotatable bonds is 4. The molecule has 3 N–H and O–H groups in total. The van der Waals surface area contributed by atoms with Crippen molar-refractivity contribution in [1.82, 2.24) is 29.7 Å². The van der Waals surface area contributed by atoms with Gasteiger partial charge in [-0.05, 0) is 26.0 Å². The Morgan fingerprint density at radius 2 is 1.97 bits per heavy atom. The van der Waals surface area contributed by atoms with E-state index >= 15 is 0 Å². The Labute approximate surface area is 190 Å². The van der Waals surface area contributed by atoms with Crippen molar-refractivity contribution >= 4 is 39.9 Å². The van der Waals surface area contributed by atoms with Gasteiger partial charge >= 0.3 is 0 Å². The van der Waals surface area contributed by atoms with Crippen molar-refractivity contribution in [2.24, 2.45) is 0 Å². The SMILES string of the molecule is C=C1CN(c2ccc(C(=O)Nc3cn4cc(C)nc4c(NC)n3)c3nccnc23)C[C@H](C)N1. The van der Waals surface area contributed by atoms with Crippen LogP contribution < -0.4 is 20.9 Å². The van der Waals surface area contributed by atoms with E-state index in [1.807, 2.05) is 23.6 Å². The lowest BCUT2D eigenvalue weighted by atomic mass is 10.1. The molecule has 168 valence electrons. The maximum Gasteiger partial charge on any atom is 0.259 e. The highest BCUT2D eigenvalue weighted by Crippen LogP contribution is 2.29. The standard InChI is InChI=1S/C23H25N9O/c1-13-9-31(10-14(2)27-13)17-6-5-16(19-20(17)26-8-7-25-19)23(33)30-18-12-32-11-15(3)28-22(32)21(24-4)29-18/h5-8,11-12,14,27H,1,9-10H2,2-4H3,(H,24,29)(H,30,33)/t14-/m0/s1. The van der Waals surface area contributed by atoms with E-state index in [1.54, 1.807) is 31.7 Å². The van der Waals surface area contributed by atoms with Crippen molar-refractivity contribution in [3.05, 3.63) is 60.5 Å². The molecule has 0 saturated carbocycles. The molecule has 10 heteroatoms. The van der Waals surface area contributed by atoms with Crippen LogP contribution in [0.1, 0.15) is 23.0 Å². The lowest BCUT2D eigenvalue weighted by Gasteiger charge is -2.35. The zero-order valence-electron chi connectivity index (χ0n) is 18.8. The molecule has 5 rings (SSSR count). The number of hydrogen-bond donors (Lipinski definition) is 3. The number of imidazole rings is 1. The molecule has 1 aliphatic rings. The number of fused-ring (bicyclic) bond motifs is 2. The van der Waals surface area contributed by atoms with Gasteiger partial charge in [0.15, 0.2) is 17.3 Å². The highest BCUT2D eigenvalue weighted by Gasteiger charge is 2.23. The Hall–Kier alpha value is -4.21. The minimum Gasteiger partial charge on any atom is -0.383 e. The normalized spacial score (nSPS) is 16.2. The molecule has 0 spiro atoms. The quantitative estimate of drug-likeness (QED) is 0.441. The van der Waals surface area contributed by atoms with Gasteiger partial charge in [-0.25, -0.2) is 9.97 Å². The summed E-state index contributed by atoms with van der Waals surface area (Å²) in [6.45, 7) is 9.57. The molecule has 3 aromatic heterocycles. The topological polar surface area (TPSA) is 112 Å². The second kappa shape index (κ2) is 8.05. The first kappa shape index (κ1) is 20.7. The first-order valence-electron chi connectivity index (χ1n) is 10.7. The number of hydrogen-bond acceptors (Lipinski definition) is 8. The van der Waals surface area contributed by atoms with Gasteiger partial charge in [-0.1, -0.05) is 6.58 Å². The predicted molar refractivity (Wildman–Crippen MR) is 129 cm³/mol. The van der Waals surface area contributed by atoms with Gasteiger partial charge < -0.3 is 25.3 Å². The Morgan fingerprint density at radius 1 is 1.18 bits per heavy atom. The van der Waals surface area contributed by atoms with Crippen molar-refractivity contribution in [2.45, 2.75) is 19.9 Å². The number of amides is 1. The third-order valence-electron chi connectivity index (χ3n) is 5.55. The minimum atomic E-state index is -0.309. The molecule has 33 heavy (non-hydrogen) atoms. The van der Waals surface area contributed by atoms with E-state index in [9.17, 15) is 4.79 Å². The van der Waals surface area contributed by atoms with Gasteiger partial charge in [0.05, 0.1) is 29.7 Å². The van der Waals surface area contributed by atoms with Crippen molar-refractivity contribution in [2.75, 3.05) is 35.7 Å². The fraction of sp³-hybridized carbons (Fsp3) is 0.261. The van der Waals surface area contributed by atoms with E-state index in [1.165, 1.54) is 0 Å². The van der Waals surface area contributed by atoms with E-state index in [0.717, 1.165) is 23.6 Å². The summed E-state index contributed by atoms with van der Waals surface area (Å²) in [5, 5.41) is 9.28. The number of carbonyl (C=O) groups excluding carboxylic acids is 1. The average molecular weight is 444 g/mol. The number of nitrogens with zero attached hydrogens (tertiary/aromatic N) is 6. The minimum absolute atomic E-state index is 0.259. The summed E-state index contributed by atoms with van der Waals surface area (Å²) in [5.41, 5.74) is 5.08. The van der Waals surface area contributed by atoms with E-state index in [4.69, 9.17) is 0 Å². The van der Waals surface area contributed by atoms with Gasteiger partial charge in [0.1, 0.15) is 11.0 Å². The molecule has 1 fully saturated rings. The van der Waals surface area contributed by atoms with Crippen LogP contribution in [0.4, 0.5) is 17.3 Å². The molecule has 1 amide bonds. The smallest absolute Gasteiger partial charge is 0.259 e. The Bertz CT molecular complexity index is 1390. The van der Waals surface area contributed by atoms with Crippen molar-refractivity contribution in [3.63, 3.8) is 0 Å². The van der Waals surface area contributed by atoms with Crippen molar-refractivity contribution in [1.29, 1.82) is 0 Å². The molecular formula is C23H25N9O. The monoisotopic (exact) mass is 443 g/mol. The summed E-state index contributed by atoms with van der Waals surface area (Å²) < 4.78 is 1.84. The third-order valence-corrected chi connectivity index (χ3v) is 5.55. The number of aromatic nitrogens is 5. The van der Waals surface area contributed by atoms with Gasteiger partial charge in [-0.15, -0.1) is 0 Å². The van der Waals surface area contributed by atoms with Gasteiger partial charge in [0, 0.05) is 43.9 Å². The van der Waals surface area contributed by atoms with Crippen molar-refractivity contribution < 1.29 is 4.79 Å². The molecule has 4 heterocycles. The highest BCUT2D eigenvalue weighted by molar-refractivity contribution is 6.12. The van der Waals surface area contributed by atoms with Crippen molar-refractivity contribution in [3.8, 4) is 0 Å². The summed E-state index contributed by atoms with van der Waals surface area (Å²) in [5.74, 6) is 0.674. The predicted octanol–water partition coefficient (Wildman–Crippen LogP) is 2.59. The highest BCUT2D eigenvalue weighted by atomic mass is 16.1. The second-order valence-corrected chi connectivity index (χ2v) is 8.21. The molecule has 0 unspecified atom stereocenters. The van der Waals surface area contributed by atoms with Crippen LogP contribution in [0, 0.1) is 6.92 Å².